The van der Waals surface area contributed by atoms with Crippen LogP contribution in [0.3, 0.4) is 0 Å². The predicted molar refractivity (Wildman–Crippen MR) is 41.5 cm³/mol. The first-order chi connectivity index (χ1) is 5.37. The molecule has 0 spiro atoms. The van der Waals surface area contributed by atoms with E-state index in [4.69, 9.17) is 5.11 Å². The molecule has 4 nitrogen and oxygen atoms in total. The van der Waals surface area contributed by atoms with E-state index in [-0.39, 0.29) is 0 Å². The Morgan fingerprint density at radius 1 is 1.08 bits per heavy atom. The monoisotopic (exact) mass is 172 g/mol. The lowest BCUT2D eigenvalue weighted by atomic mass is 9.93. The van der Waals surface area contributed by atoms with Crippen molar-refractivity contribution in [2.75, 3.05) is 0 Å². The number of Topliss-reactive ketones (excluding diaryl/α,β-unsaturated/α-hetero) is 3. The van der Waals surface area contributed by atoms with Crippen molar-refractivity contribution >= 4 is 17.3 Å². The number of hydrogen-bond donors (Lipinski definition) is 1. The second kappa shape index (κ2) is 4.11. The SMILES string of the molecule is CC(=O)C(C(C)=O)C(=O)C(C)O. The molecule has 0 aromatic rings. The molecule has 0 aromatic carbocycles. The van der Waals surface area contributed by atoms with Crippen molar-refractivity contribution in [2.24, 2.45) is 5.92 Å². The molecule has 0 fully saturated rings. The maximum atomic E-state index is 11.0. The molecule has 0 saturated carbocycles. The average Bonchev–Trinajstić information content (AvgIpc) is 1.85. The quantitative estimate of drug-likeness (QED) is 0.592. The van der Waals surface area contributed by atoms with E-state index in [1.807, 2.05) is 0 Å². The molecule has 4 heteroatoms. The molecule has 0 aromatic heterocycles. The second-order valence-electron chi connectivity index (χ2n) is 2.73. The predicted octanol–water partition coefficient (Wildman–Crippen LogP) is -0.270. The van der Waals surface area contributed by atoms with Crippen molar-refractivity contribution in [1.82, 2.24) is 0 Å². The van der Waals surface area contributed by atoms with Crippen molar-refractivity contribution in [3.8, 4) is 0 Å². The lowest BCUT2D eigenvalue weighted by Gasteiger charge is -2.10. The highest BCUT2D eigenvalue weighted by Crippen LogP contribution is 2.05. The maximum Gasteiger partial charge on any atom is 0.178 e. The van der Waals surface area contributed by atoms with Gasteiger partial charge in [-0.1, -0.05) is 0 Å². The molecular weight excluding hydrogens is 160 g/mol. The number of aliphatic hydroxyl groups excluding tert-OH is 1. The van der Waals surface area contributed by atoms with Crippen molar-refractivity contribution in [3.05, 3.63) is 0 Å². The van der Waals surface area contributed by atoms with E-state index in [0.29, 0.717) is 0 Å². The normalized spacial score (nSPS) is 12.8. The topological polar surface area (TPSA) is 71.4 Å². The summed E-state index contributed by atoms with van der Waals surface area (Å²) in [5.74, 6) is -3.05. The first-order valence-electron chi connectivity index (χ1n) is 3.60. The summed E-state index contributed by atoms with van der Waals surface area (Å²) in [6.45, 7) is 3.56. The molecule has 68 valence electrons. The van der Waals surface area contributed by atoms with Gasteiger partial charge in [-0.15, -0.1) is 0 Å². The maximum absolute atomic E-state index is 11.0. The zero-order valence-electron chi connectivity index (χ0n) is 7.33. The molecule has 0 aliphatic heterocycles. The summed E-state index contributed by atoms with van der Waals surface area (Å²) < 4.78 is 0. The molecule has 0 saturated heterocycles. The van der Waals surface area contributed by atoms with Crippen LogP contribution in [0.5, 0.6) is 0 Å². The smallest absolute Gasteiger partial charge is 0.178 e. The van der Waals surface area contributed by atoms with Gasteiger partial charge in [0.15, 0.2) is 5.78 Å². The number of carbonyl (C=O) groups is 3. The minimum atomic E-state index is -1.29. The van der Waals surface area contributed by atoms with Gasteiger partial charge >= 0.3 is 0 Å². The molecule has 0 aliphatic rings. The lowest BCUT2D eigenvalue weighted by molar-refractivity contribution is -0.142. The third-order valence-electron chi connectivity index (χ3n) is 1.51. The van der Waals surface area contributed by atoms with Crippen LogP contribution < -0.4 is 0 Å². The van der Waals surface area contributed by atoms with E-state index in [1.54, 1.807) is 0 Å². The molecule has 0 amide bonds. The fourth-order valence-corrected chi connectivity index (χ4v) is 0.928. The highest BCUT2D eigenvalue weighted by Gasteiger charge is 2.30. The Kier molecular flexibility index (Phi) is 3.76. The number of hydrogen-bond acceptors (Lipinski definition) is 4. The minimum absolute atomic E-state index is 0.520. The molecule has 12 heavy (non-hydrogen) atoms. The fourth-order valence-electron chi connectivity index (χ4n) is 0.928. The van der Waals surface area contributed by atoms with Gasteiger partial charge in [0.2, 0.25) is 0 Å². The van der Waals surface area contributed by atoms with Gasteiger partial charge in [-0.2, -0.15) is 0 Å². The van der Waals surface area contributed by atoms with Gasteiger partial charge in [-0.25, -0.2) is 0 Å². The van der Waals surface area contributed by atoms with E-state index >= 15 is 0 Å². The van der Waals surface area contributed by atoms with Crippen molar-refractivity contribution in [3.63, 3.8) is 0 Å². The number of ketones is 3. The summed E-state index contributed by atoms with van der Waals surface area (Å²) in [7, 11) is 0. The van der Waals surface area contributed by atoms with Crippen molar-refractivity contribution in [1.29, 1.82) is 0 Å². The second-order valence-corrected chi connectivity index (χ2v) is 2.73. The minimum Gasteiger partial charge on any atom is -0.386 e. The fraction of sp³-hybridized carbons (Fsp3) is 0.625. The summed E-state index contributed by atoms with van der Waals surface area (Å²) in [5.41, 5.74) is 0. The Labute approximate surface area is 70.6 Å². The first kappa shape index (κ1) is 11.0. The summed E-state index contributed by atoms with van der Waals surface area (Å²) >= 11 is 0. The van der Waals surface area contributed by atoms with E-state index in [1.165, 1.54) is 6.92 Å². The van der Waals surface area contributed by atoms with Gasteiger partial charge in [-0.05, 0) is 20.8 Å². The molecule has 1 atom stereocenters. The van der Waals surface area contributed by atoms with Crippen LogP contribution in [0.4, 0.5) is 0 Å². The zero-order valence-corrected chi connectivity index (χ0v) is 7.33. The Morgan fingerprint density at radius 2 is 1.42 bits per heavy atom. The Balaban J connectivity index is 4.64. The molecule has 0 aliphatic carbocycles. The standard InChI is InChI=1S/C8H12O4/c1-4(9)7(5(2)10)8(12)6(3)11/h6-7,11H,1-3H3. The van der Waals surface area contributed by atoms with Crippen molar-refractivity contribution in [2.45, 2.75) is 26.9 Å². The van der Waals surface area contributed by atoms with E-state index in [0.717, 1.165) is 13.8 Å². The molecule has 0 rings (SSSR count). The van der Waals surface area contributed by atoms with Crippen LogP contribution in [-0.2, 0) is 14.4 Å². The van der Waals surface area contributed by atoms with Crippen LogP contribution in [0, 0.1) is 5.92 Å². The summed E-state index contributed by atoms with van der Waals surface area (Å²) in [6.07, 6.45) is -1.26. The van der Waals surface area contributed by atoms with Gasteiger partial charge in [0.25, 0.3) is 0 Å². The highest BCUT2D eigenvalue weighted by atomic mass is 16.3. The van der Waals surface area contributed by atoms with Crippen LogP contribution >= 0.6 is 0 Å². The third kappa shape index (κ3) is 2.54. The summed E-state index contributed by atoms with van der Waals surface area (Å²) in [5, 5.41) is 8.84. The van der Waals surface area contributed by atoms with Gasteiger partial charge in [0.1, 0.15) is 23.6 Å². The Morgan fingerprint density at radius 3 is 1.50 bits per heavy atom. The average molecular weight is 172 g/mol. The van der Waals surface area contributed by atoms with Gasteiger partial charge in [0.05, 0.1) is 0 Å². The van der Waals surface area contributed by atoms with Crippen molar-refractivity contribution < 1.29 is 19.5 Å². The molecular formula is C8H12O4. The Bertz CT molecular complexity index is 203. The number of carbonyl (C=O) groups excluding carboxylic acids is 3. The largest absolute Gasteiger partial charge is 0.386 e. The van der Waals surface area contributed by atoms with Crippen LogP contribution in [0.2, 0.25) is 0 Å². The zero-order chi connectivity index (χ0) is 9.89. The highest BCUT2D eigenvalue weighted by molar-refractivity contribution is 6.19. The van der Waals surface area contributed by atoms with Gasteiger partial charge in [0, 0.05) is 0 Å². The molecule has 0 heterocycles. The molecule has 1 N–H and O–H groups in total. The lowest BCUT2D eigenvalue weighted by Crippen LogP contribution is -2.35. The summed E-state index contributed by atoms with van der Waals surface area (Å²) in [4.78, 5) is 32.6. The van der Waals surface area contributed by atoms with Crippen LogP contribution in [0.15, 0.2) is 0 Å². The van der Waals surface area contributed by atoms with Crippen LogP contribution in [0.25, 0.3) is 0 Å². The Hall–Kier alpha value is -1.03. The van der Waals surface area contributed by atoms with Crippen LogP contribution in [-0.4, -0.2) is 28.6 Å². The van der Waals surface area contributed by atoms with Crippen LogP contribution in [0.1, 0.15) is 20.8 Å². The van der Waals surface area contributed by atoms with Gasteiger partial charge < -0.3 is 5.11 Å². The van der Waals surface area contributed by atoms with E-state index < -0.39 is 29.4 Å². The first-order valence-corrected chi connectivity index (χ1v) is 3.60. The van der Waals surface area contributed by atoms with E-state index in [9.17, 15) is 14.4 Å². The summed E-state index contributed by atoms with van der Waals surface area (Å²) in [6, 6.07) is 0. The number of aliphatic hydroxyl groups is 1. The molecule has 1 unspecified atom stereocenters. The number of rotatable bonds is 4. The third-order valence-corrected chi connectivity index (χ3v) is 1.51. The molecule has 0 bridgehead atoms. The van der Waals surface area contributed by atoms with Gasteiger partial charge in [-0.3, -0.25) is 14.4 Å². The van der Waals surface area contributed by atoms with E-state index in [2.05, 4.69) is 0 Å². The molecule has 0 radical (unpaired) electrons.